The number of hydrogen-bond acceptors (Lipinski definition) is 5. The molecule has 1 heterocycles. The van der Waals surface area contributed by atoms with E-state index < -0.39 is 0 Å². The Kier molecular flexibility index (Phi) is 4.45. The molecule has 0 saturated heterocycles. The van der Waals surface area contributed by atoms with Crippen molar-refractivity contribution < 1.29 is 5.11 Å². The van der Waals surface area contributed by atoms with Crippen molar-refractivity contribution in [2.45, 2.75) is 26.4 Å². The zero-order chi connectivity index (χ0) is 11.3. The van der Waals surface area contributed by atoms with Crippen LogP contribution in [0.15, 0.2) is 12.4 Å². The fourth-order valence-corrected chi connectivity index (χ4v) is 1.15. The molecule has 0 aromatic carbocycles. The average molecular weight is 210 g/mol. The van der Waals surface area contributed by atoms with Gasteiger partial charge in [0.25, 0.3) is 0 Å². The molecule has 0 radical (unpaired) electrons. The van der Waals surface area contributed by atoms with Gasteiger partial charge in [0.05, 0.1) is 30.7 Å². The van der Waals surface area contributed by atoms with Gasteiger partial charge in [-0.25, -0.2) is 4.98 Å². The molecule has 5 heteroatoms. The first-order valence-electron chi connectivity index (χ1n) is 5.05. The Morgan fingerprint density at radius 3 is 2.53 bits per heavy atom. The summed E-state index contributed by atoms with van der Waals surface area (Å²) in [7, 11) is 0. The molecule has 15 heavy (non-hydrogen) atoms. The topological polar surface area (TPSA) is 84.1 Å². The lowest BCUT2D eigenvalue weighted by Crippen LogP contribution is -2.29. The second kappa shape index (κ2) is 5.63. The Hall–Kier alpha value is -1.20. The molecule has 0 unspecified atom stereocenters. The molecule has 1 atom stereocenters. The molecule has 1 aromatic rings. The maximum absolute atomic E-state index is 9.13. The lowest BCUT2D eigenvalue weighted by atomic mass is 10.1. The minimum atomic E-state index is 0.00280. The number of nitrogens with zero attached hydrogens (tertiary/aromatic N) is 2. The van der Waals surface area contributed by atoms with Gasteiger partial charge in [0.2, 0.25) is 0 Å². The van der Waals surface area contributed by atoms with Crippen LogP contribution < -0.4 is 11.1 Å². The average Bonchev–Trinajstić information content (AvgIpc) is 2.26. The maximum atomic E-state index is 9.13. The number of nitrogens with one attached hydrogen (secondary N) is 1. The summed E-state index contributed by atoms with van der Waals surface area (Å²) in [6.45, 7) is 4.55. The van der Waals surface area contributed by atoms with Crippen molar-refractivity contribution in [2.75, 3.05) is 11.9 Å². The van der Waals surface area contributed by atoms with Gasteiger partial charge in [0, 0.05) is 6.54 Å². The molecule has 1 aromatic heterocycles. The number of rotatable bonds is 5. The third-order valence-corrected chi connectivity index (χ3v) is 2.25. The molecule has 0 amide bonds. The first kappa shape index (κ1) is 11.9. The first-order valence-corrected chi connectivity index (χ1v) is 5.05. The molecule has 0 bridgehead atoms. The number of nitrogens with two attached hydrogens (primary N) is 1. The van der Waals surface area contributed by atoms with Crippen LogP contribution in [0.5, 0.6) is 0 Å². The van der Waals surface area contributed by atoms with Crippen LogP contribution >= 0.6 is 0 Å². The molecule has 5 nitrogen and oxygen atoms in total. The van der Waals surface area contributed by atoms with Crippen molar-refractivity contribution in [3.63, 3.8) is 0 Å². The standard InChI is InChI=1S/C10H18N4O/c1-7(2)9(6-15)14-10-5-12-8(3-11)4-13-10/h4-5,7,9,15H,3,6,11H2,1-2H3,(H,13,14)/t9-/m1/s1. The van der Waals surface area contributed by atoms with Crippen molar-refractivity contribution in [2.24, 2.45) is 11.7 Å². The quantitative estimate of drug-likeness (QED) is 0.653. The third-order valence-electron chi connectivity index (χ3n) is 2.25. The number of aromatic nitrogens is 2. The van der Waals surface area contributed by atoms with Gasteiger partial charge in [-0.1, -0.05) is 13.8 Å². The summed E-state index contributed by atoms with van der Waals surface area (Å²) < 4.78 is 0. The fourth-order valence-electron chi connectivity index (χ4n) is 1.15. The maximum Gasteiger partial charge on any atom is 0.144 e. The number of aliphatic hydroxyl groups excluding tert-OH is 1. The molecule has 0 aliphatic carbocycles. The van der Waals surface area contributed by atoms with Crippen molar-refractivity contribution >= 4 is 5.82 Å². The first-order chi connectivity index (χ1) is 7.17. The molecular weight excluding hydrogens is 192 g/mol. The summed E-state index contributed by atoms with van der Waals surface area (Å²) >= 11 is 0. The van der Waals surface area contributed by atoms with Gasteiger partial charge in [0.15, 0.2) is 0 Å². The third kappa shape index (κ3) is 3.45. The molecule has 84 valence electrons. The minimum absolute atomic E-state index is 0.00280. The SMILES string of the molecule is CC(C)[C@@H](CO)Nc1cnc(CN)cn1. The molecule has 1 rings (SSSR count). The highest BCUT2D eigenvalue weighted by atomic mass is 16.3. The molecule has 0 aliphatic rings. The summed E-state index contributed by atoms with van der Waals surface area (Å²) in [5, 5.41) is 12.2. The van der Waals surface area contributed by atoms with E-state index in [1.807, 2.05) is 13.8 Å². The predicted molar refractivity (Wildman–Crippen MR) is 59.3 cm³/mol. The van der Waals surface area contributed by atoms with Crippen LogP contribution in [-0.2, 0) is 6.54 Å². The summed E-state index contributed by atoms with van der Waals surface area (Å²) in [6.07, 6.45) is 3.27. The van der Waals surface area contributed by atoms with E-state index in [1.54, 1.807) is 12.4 Å². The van der Waals surface area contributed by atoms with Crippen LogP contribution in [0.2, 0.25) is 0 Å². The van der Waals surface area contributed by atoms with Gasteiger partial charge in [0.1, 0.15) is 5.82 Å². The summed E-state index contributed by atoms with van der Waals surface area (Å²) in [4.78, 5) is 8.27. The summed E-state index contributed by atoms with van der Waals surface area (Å²) in [5.74, 6) is 1.01. The molecule has 0 fully saturated rings. The molecule has 4 N–H and O–H groups in total. The van der Waals surface area contributed by atoms with Crippen molar-refractivity contribution in [3.8, 4) is 0 Å². The molecule has 0 aliphatic heterocycles. The van der Waals surface area contributed by atoms with Crippen LogP contribution in [0.25, 0.3) is 0 Å². The van der Waals surface area contributed by atoms with E-state index in [-0.39, 0.29) is 12.6 Å². The lowest BCUT2D eigenvalue weighted by Gasteiger charge is -2.20. The zero-order valence-electron chi connectivity index (χ0n) is 9.14. The number of aliphatic hydroxyl groups is 1. The highest BCUT2D eigenvalue weighted by molar-refractivity contribution is 5.32. The lowest BCUT2D eigenvalue weighted by molar-refractivity contribution is 0.249. The van der Waals surface area contributed by atoms with Gasteiger partial charge in [-0.3, -0.25) is 4.98 Å². The second-order valence-corrected chi connectivity index (χ2v) is 3.77. The van der Waals surface area contributed by atoms with Crippen LogP contribution in [0, 0.1) is 5.92 Å². The van der Waals surface area contributed by atoms with Crippen LogP contribution in [0.4, 0.5) is 5.82 Å². The Balaban J connectivity index is 2.63. The largest absolute Gasteiger partial charge is 0.394 e. The van der Waals surface area contributed by atoms with Crippen molar-refractivity contribution in [3.05, 3.63) is 18.1 Å². The van der Waals surface area contributed by atoms with E-state index >= 15 is 0 Å². The molecular formula is C10H18N4O. The van der Waals surface area contributed by atoms with Gasteiger partial charge in [-0.05, 0) is 5.92 Å². The number of hydrogen-bond donors (Lipinski definition) is 3. The molecule has 0 saturated carbocycles. The Morgan fingerprint density at radius 1 is 1.40 bits per heavy atom. The van der Waals surface area contributed by atoms with Gasteiger partial charge in [-0.15, -0.1) is 0 Å². The minimum Gasteiger partial charge on any atom is -0.394 e. The zero-order valence-corrected chi connectivity index (χ0v) is 9.14. The van der Waals surface area contributed by atoms with Crippen molar-refractivity contribution in [1.29, 1.82) is 0 Å². The monoisotopic (exact) mass is 210 g/mol. The van der Waals surface area contributed by atoms with E-state index in [0.29, 0.717) is 18.3 Å². The van der Waals surface area contributed by atoms with E-state index in [2.05, 4.69) is 15.3 Å². The van der Waals surface area contributed by atoms with Crippen LogP contribution in [0.1, 0.15) is 19.5 Å². The number of anilines is 1. The van der Waals surface area contributed by atoms with Gasteiger partial charge >= 0.3 is 0 Å². The van der Waals surface area contributed by atoms with E-state index in [9.17, 15) is 0 Å². The highest BCUT2D eigenvalue weighted by Gasteiger charge is 2.12. The van der Waals surface area contributed by atoms with E-state index in [4.69, 9.17) is 10.8 Å². The predicted octanol–water partition coefficient (Wildman–Crippen LogP) is 0.364. The molecule has 0 spiro atoms. The van der Waals surface area contributed by atoms with Gasteiger partial charge in [-0.2, -0.15) is 0 Å². The summed E-state index contributed by atoms with van der Waals surface area (Å²) in [6, 6.07) is 0.00280. The summed E-state index contributed by atoms with van der Waals surface area (Å²) in [5.41, 5.74) is 6.17. The normalized spacial score (nSPS) is 12.9. The Bertz CT molecular complexity index is 286. The van der Waals surface area contributed by atoms with Gasteiger partial charge < -0.3 is 16.2 Å². The highest BCUT2D eigenvalue weighted by Crippen LogP contribution is 2.08. The van der Waals surface area contributed by atoms with Crippen molar-refractivity contribution in [1.82, 2.24) is 9.97 Å². The van der Waals surface area contributed by atoms with E-state index in [1.165, 1.54) is 0 Å². The van der Waals surface area contributed by atoms with Crippen LogP contribution in [0.3, 0.4) is 0 Å². The second-order valence-electron chi connectivity index (χ2n) is 3.77. The van der Waals surface area contributed by atoms with Crippen LogP contribution in [-0.4, -0.2) is 27.7 Å². The Labute approximate surface area is 89.7 Å². The fraction of sp³-hybridized carbons (Fsp3) is 0.600. The van der Waals surface area contributed by atoms with E-state index in [0.717, 1.165) is 5.69 Å². The smallest absolute Gasteiger partial charge is 0.144 e. The Morgan fingerprint density at radius 2 is 2.13 bits per heavy atom.